The summed E-state index contributed by atoms with van der Waals surface area (Å²) in [6, 6.07) is 2.77. The van der Waals surface area contributed by atoms with Crippen LogP contribution >= 0.6 is 11.3 Å². The minimum atomic E-state index is 0.456. The molecule has 1 atom stereocenters. The summed E-state index contributed by atoms with van der Waals surface area (Å²) in [7, 11) is 0. The molecular formula is C12H20N2S. The highest BCUT2D eigenvalue weighted by molar-refractivity contribution is 7.12. The Hall–Kier alpha value is -0.380. The van der Waals surface area contributed by atoms with E-state index in [9.17, 15) is 0 Å². The quantitative estimate of drug-likeness (QED) is 0.854. The minimum Gasteiger partial charge on any atom is -0.329 e. The van der Waals surface area contributed by atoms with Crippen LogP contribution in [0.4, 0.5) is 0 Å². The van der Waals surface area contributed by atoms with Crippen LogP contribution in [0.15, 0.2) is 6.07 Å². The van der Waals surface area contributed by atoms with Gasteiger partial charge in [-0.05, 0) is 51.4 Å². The van der Waals surface area contributed by atoms with Gasteiger partial charge in [-0.2, -0.15) is 0 Å². The fraction of sp³-hybridized carbons (Fsp3) is 0.667. The molecule has 2 heterocycles. The molecule has 0 spiro atoms. The molecule has 1 fully saturated rings. The molecule has 0 bridgehead atoms. The summed E-state index contributed by atoms with van der Waals surface area (Å²) in [5.41, 5.74) is 7.39. The Morgan fingerprint density at radius 3 is 2.53 bits per heavy atom. The second-order valence-corrected chi connectivity index (χ2v) is 5.82. The van der Waals surface area contributed by atoms with Crippen molar-refractivity contribution >= 4 is 11.3 Å². The van der Waals surface area contributed by atoms with Crippen LogP contribution in [-0.2, 0) is 0 Å². The van der Waals surface area contributed by atoms with Crippen LogP contribution in [0.25, 0.3) is 0 Å². The Balaban J connectivity index is 2.21. The van der Waals surface area contributed by atoms with Gasteiger partial charge in [-0.1, -0.05) is 0 Å². The lowest BCUT2D eigenvalue weighted by atomic mass is 10.1. The molecular weight excluding hydrogens is 204 g/mol. The Morgan fingerprint density at radius 2 is 2.07 bits per heavy atom. The molecule has 1 aliphatic heterocycles. The maximum atomic E-state index is 5.93. The van der Waals surface area contributed by atoms with Gasteiger partial charge in [0.15, 0.2) is 0 Å². The van der Waals surface area contributed by atoms with Crippen molar-refractivity contribution in [2.24, 2.45) is 5.73 Å². The molecule has 0 aromatic carbocycles. The van der Waals surface area contributed by atoms with Crippen molar-refractivity contribution in [3.8, 4) is 0 Å². The van der Waals surface area contributed by atoms with E-state index in [1.807, 2.05) is 11.3 Å². The van der Waals surface area contributed by atoms with E-state index in [-0.39, 0.29) is 0 Å². The van der Waals surface area contributed by atoms with Crippen LogP contribution < -0.4 is 5.73 Å². The first-order valence-corrected chi connectivity index (χ1v) is 6.55. The Kier molecular flexibility index (Phi) is 3.44. The van der Waals surface area contributed by atoms with Crippen molar-refractivity contribution in [3.63, 3.8) is 0 Å². The monoisotopic (exact) mass is 224 g/mol. The smallest absolute Gasteiger partial charge is 0.0481 e. The van der Waals surface area contributed by atoms with E-state index in [1.54, 1.807) is 0 Å². The van der Waals surface area contributed by atoms with E-state index in [1.165, 1.54) is 41.2 Å². The number of hydrogen-bond acceptors (Lipinski definition) is 3. The van der Waals surface area contributed by atoms with Gasteiger partial charge in [-0.3, -0.25) is 4.90 Å². The van der Waals surface area contributed by atoms with Gasteiger partial charge in [-0.15, -0.1) is 11.3 Å². The molecule has 0 radical (unpaired) electrons. The summed E-state index contributed by atoms with van der Waals surface area (Å²) in [5.74, 6) is 0. The van der Waals surface area contributed by atoms with Gasteiger partial charge >= 0.3 is 0 Å². The van der Waals surface area contributed by atoms with E-state index >= 15 is 0 Å². The maximum Gasteiger partial charge on any atom is 0.0481 e. The van der Waals surface area contributed by atoms with Crippen LogP contribution in [0, 0.1) is 13.8 Å². The van der Waals surface area contributed by atoms with Gasteiger partial charge < -0.3 is 5.73 Å². The van der Waals surface area contributed by atoms with Gasteiger partial charge in [0.1, 0.15) is 0 Å². The summed E-state index contributed by atoms with van der Waals surface area (Å²) in [6.45, 7) is 7.58. The van der Waals surface area contributed by atoms with E-state index in [2.05, 4.69) is 24.8 Å². The topological polar surface area (TPSA) is 29.3 Å². The number of nitrogens with two attached hydrogens (primary N) is 1. The summed E-state index contributed by atoms with van der Waals surface area (Å²) in [5, 5.41) is 0. The van der Waals surface area contributed by atoms with Gasteiger partial charge in [-0.25, -0.2) is 0 Å². The van der Waals surface area contributed by atoms with Crippen molar-refractivity contribution in [1.82, 2.24) is 4.90 Å². The summed E-state index contributed by atoms with van der Waals surface area (Å²) in [4.78, 5) is 5.38. The predicted octanol–water partition coefficient (Wildman–Crippen LogP) is 2.46. The molecule has 1 saturated heterocycles. The lowest BCUT2D eigenvalue weighted by Crippen LogP contribution is -2.31. The van der Waals surface area contributed by atoms with Crippen LogP contribution in [-0.4, -0.2) is 24.5 Å². The van der Waals surface area contributed by atoms with Crippen LogP contribution in [0.5, 0.6) is 0 Å². The SMILES string of the molecule is Cc1cc(C(CN)N2CCCC2)c(C)s1. The van der Waals surface area contributed by atoms with Crippen LogP contribution in [0.2, 0.25) is 0 Å². The molecule has 1 aromatic heterocycles. The van der Waals surface area contributed by atoms with Gasteiger partial charge in [0.2, 0.25) is 0 Å². The molecule has 1 unspecified atom stereocenters. The number of nitrogens with zero attached hydrogens (tertiary/aromatic N) is 1. The molecule has 2 rings (SSSR count). The molecule has 15 heavy (non-hydrogen) atoms. The Morgan fingerprint density at radius 1 is 1.40 bits per heavy atom. The van der Waals surface area contributed by atoms with Crippen molar-refractivity contribution < 1.29 is 0 Å². The minimum absolute atomic E-state index is 0.456. The summed E-state index contributed by atoms with van der Waals surface area (Å²) >= 11 is 1.89. The van der Waals surface area contributed by atoms with Crippen molar-refractivity contribution in [3.05, 3.63) is 21.4 Å². The fourth-order valence-corrected chi connectivity index (χ4v) is 3.49. The number of thiophene rings is 1. The van der Waals surface area contributed by atoms with Crippen molar-refractivity contribution in [1.29, 1.82) is 0 Å². The van der Waals surface area contributed by atoms with Crippen molar-refractivity contribution in [2.75, 3.05) is 19.6 Å². The van der Waals surface area contributed by atoms with E-state index < -0.39 is 0 Å². The fourth-order valence-electron chi connectivity index (χ4n) is 2.51. The van der Waals surface area contributed by atoms with E-state index in [0.29, 0.717) is 6.04 Å². The molecule has 84 valence electrons. The molecule has 1 aromatic rings. The third-order valence-corrected chi connectivity index (χ3v) is 4.22. The molecule has 2 N–H and O–H groups in total. The first-order valence-electron chi connectivity index (χ1n) is 5.73. The number of likely N-dealkylation sites (tertiary alicyclic amines) is 1. The van der Waals surface area contributed by atoms with Crippen LogP contribution in [0.3, 0.4) is 0 Å². The maximum absolute atomic E-state index is 5.93. The highest BCUT2D eigenvalue weighted by atomic mass is 32.1. The first kappa shape index (κ1) is 11.1. The number of hydrogen-bond donors (Lipinski definition) is 1. The predicted molar refractivity (Wildman–Crippen MR) is 66.4 cm³/mol. The lowest BCUT2D eigenvalue weighted by Gasteiger charge is -2.26. The highest BCUT2D eigenvalue weighted by Gasteiger charge is 2.24. The first-order chi connectivity index (χ1) is 7.22. The third-order valence-electron chi connectivity index (χ3n) is 3.24. The zero-order chi connectivity index (χ0) is 10.8. The molecule has 0 saturated carbocycles. The molecule has 1 aliphatic rings. The summed E-state index contributed by atoms with van der Waals surface area (Å²) in [6.07, 6.45) is 2.66. The second-order valence-electron chi connectivity index (χ2n) is 4.36. The second kappa shape index (κ2) is 4.64. The molecule has 0 amide bonds. The van der Waals surface area contributed by atoms with Crippen LogP contribution in [0.1, 0.15) is 34.2 Å². The normalized spacial score (nSPS) is 19.7. The largest absolute Gasteiger partial charge is 0.329 e. The Bertz CT molecular complexity index is 326. The average molecular weight is 224 g/mol. The lowest BCUT2D eigenvalue weighted by molar-refractivity contribution is 0.251. The zero-order valence-electron chi connectivity index (χ0n) is 9.62. The molecule has 3 heteroatoms. The molecule has 0 aliphatic carbocycles. The average Bonchev–Trinajstić information content (AvgIpc) is 2.79. The zero-order valence-corrected chi connectivity index (χ0v) is 10.4. The van der Waals surface area contributed by atoms with Gasteiger partial charge in [0, 0.05) is 22.3 Å². The number of rotatable bonds is 3. The van der Waals surface area contributed by atoms with E-state index in [0.717, 1.165) is 6.54 Å². The highest BCUT2D eigenvalue weighted by Crippen LogP contribution is 2.31. The standard InChI is InChI=1S/C12H20N2S/c1-9-7-11(10(2)15-9)12(8-13)14-5-3-4-6-14/h7,12H,3-6,8,13H2,1-2H3. The van der Waals surface area contributed by atoms with Crippen molar-refractivity contribution in [2.45, 2.75) is 32.7 Å². The summed E-state index contributed by atoms with van der Waals surface area (Å²) < 4.78 is 0. The number of aryl methyl sites for hydroxylation is 2. The third kappa shape index (κ3) is 2.25. The van der Waals surface area contributed by atoms with Gasteiger partial charge in [0.05, 0.1) is 0 Å². The Labute approximate surface area is 96.1 Å². The van der Waals surface area contributed by atoms with E-state index in [4.69, 9.17) is 5.73 Å². The van der Waals surface area contributed by atoms with Gasteiger partial charge in [0.25, 0.3) is 0 Å². The molecule has 2 nitrogen and oxygen atoms in total.